The Morgan fingerprint density at radius 3 is 2.22 bits per heavy atom. The third-order valence-corrected chi connectivity index (χ3v) is 7.05. The minimum Gasteiger partial charge on any atom is -0.469 e. The summed E-state index contributed by atoms with van der Waals surface area (Å²) in [6, 6.07) is 0. The van der Waals surface area contributed by atoms with Crippen LogP contribution in [-0.2, 0) is 23.8 Å². The van der Waals surface area contributed by atoms with E-state index in [2.05, 4.69) is 4.74 Å². The lowest BCUT2D eigenvalue weighted by molar-refractivity contribution is -0.141. The Bertz CT molecular complexity index is 678. The maximum Gasteiger partial charge on any atom is 0.330 e. The van der Waals surface area contributed by atoms with Crippen LogP contribution in [0.3, 0.4) is 0 Å². The summed E-state index contributed by atoms with van der Waals surface area (Å²) in [5.74, 6) is -1.12. The van der Waals surface area contributed by atoms with Gasteiger partial charge < -0.3 is 34.6 Å². The topological polar surface area (TPSA) is 143 Å². The first-order chi connectivity index (χ1) is 17.0. The van der Waals surface area contributed by atoms with Gasteiger partial charge in [0.25, 0.3) is 0 Å². The van der Waals surface area contributed by atoms with Crippen LogP contribution in [0.25, 0.3) is 0 Å². The molecule has 1 saturated heterocycles. The van der Waals surface area contributed by atoms with E-state index in [0.29, 0.717) is 25.0 Å². The number of esters is 2. The van der Waals surface area contributed by atoms with Gasteiger partial charge in [0.05, 0.1) is 44.2 Å². The molecule has 0 aromatic carbocycles. The third-order valence-electron chi connectivity index (χ3n) is 7.05. The summed E-state index contributed by atoms with van der Waals surface area (Å²) < 4.78 is 15.7. The highest BCUT2D eigenvalue weighted by Gasteiger charge is 2.43. The Hall–Kier alpha value is -1.52. The highest BCUT2D eigenvalue weighted by Crippen LogP contribution is 2.34. The first-order valence-electron chi connectivity index (χ1n) is 13.3. The fraction of sp³-hybridized carbons (Fsp3) is 0.852. The molecule has 0 aromatic heterocycles. The highest BCUT2D eigenvalue weighted by molar-refractivity contribution is 5.82. The average molecular weight is 517 g/mol. The van der Waals surface area contributed by atoms with Gasteiger partial charge in [-0.1, -0.05) is 45.1 Å². The van der Waals surface area contributed by atoms with E-state index in [0.717, 1.165) is 38.5 Å². The fourth-order valence-electron chi connectivity index (χ4n) is 4.48. The SMILES string of the molecule is COC(=O)CCCCCCCCOC(=O)/C=C(\C)C[C@H](O)[C@H](O)[C@@H]1O[C@@H]([C@@H](O)[C@@H](C)[C@H](C)O)C[C@H]1C. The van der Waals surface area contributed by atoms with Gasteiger partial charge >= 0.3 is 11.9 Å². The number of aliphatic hydroxyl groups excluding tert-OH is 4. The second-order valence-electron chi connectivity index (χ2n) is 10.3. The van der Waals surface area contributed by atoms with Gasteiger partial charge in [0.1, 0.15) is 6.10 Å². The van der Waals surface area contributed by atoms with Crippen molar-refractivity contribution in [2.75, 3.05) is 13.7 Å². The molecule has 210 valence electrons. The van der Waals surface area contributed by atoms with Gasteiger partial charge in [0.2, 0.25) is 0 Å². The summed E-state index contributed by atoms with van der Waals surface area (Å²) in [7, 11) is 1.39. The smallest absolute Gasteiger partial charge is 0.330 e. The lowest BCUT2D eigenvalue weighted by Crippen LogP contribution is -2.42. The van der Waals surface area contributed by atoms with E-state index in [-0.39, 0.29) is 24.2 Å². The molecule has 0 saturated carbocycles. The van der Waals surface area contributed by atoms with Crippen molar-refractivity contribution in [3.05, 3.63) is 11.6 Å². The Balaban J connectivity index is 2.32. The number of unbranched alkanes of at least 4 members (excludes halogenated alkanes) is 5. The predicted octanol–water partition coefficient (Wildman–Crippen LogP) is 2.66. The van der Waals surface area contributed by atoms with Gasteiger partial charge in [-0.25, -0.2) is 4.79 Å². The molecule has 0 aromatic rings. The summed E-state index contributed by atoms with van der Waals surface area (Å²) in [5, 5.41) is 41.4. The number of rotatable bonds is 17. The van der Waals surface area contributed by atoms with Crippen molar-refractivity contribution in [2.45, 2.75) is 122 Å². The Morgan fingerprint density at radius 1 is 1.00 bits per heavy atom. The van der Waals surface area contributed by atoms with Gasteiger partial charge in [0, 0.05) is 18.4 Å². The van der Waals surface area contributed by atoms with E-state index in [4.69, 9.17) is 9.47 Å². The highest BCUT2D eigenvalue weighted by atomic mass is 16.5. The van der Waals surface area contributed by atoms with Gasteiger partial charge in [-0.3, -0.25) is 4.79 Å². The van der Waals surface area contributed by atoms with Crippen molar-refractivity contribution in [3.63, 3.8) is 0 Å². The van der Waals surface area contributed by atoms with E-state index in [1.807, 2.05) is 6.92 Å². The first kappa shape index (κ1) is 32.5. The quantitative estimate of drug-likeness (QED) is 0.130. The van der Waals surface area contributed by atoms with Crippen LogP contribution in [0.2, 0.25) is 0 Å². The van der Waals surface area contributed by atoms with Crippen LogP contribution in [0.15, 0.2) is 11.6 Å². The molecule has 0 amide bonds. The maximum absolute atomic E-state index is 12.1. The number of ether oxygens (including phenoxy) is 3. The van der Waals surface area contributed by atoms with Crippen LogP contribution >= 0.6 is 0 Å². The Kier molecular flexibility index (Phi) is 15.4. The van der Waals surface area contributed by atoms with Crippen molar-refractivity contribution in [2.24, 2.45) is 11.8 Å². The molecular formula is C27H48O9. The molecule has 1 rings (SSSR count). The molecule has 1 aliphatic rings. The predicted molar refractivity (Wildman–Crippen MR) is 135 cm³/mol. The maximum atomic E-state index is 12.1. The standard InChI is InChI=1S/C27H48O9/c1-17(15-24(31)35-13-11-9-7-6-8-10-12-23(30)34-5)14-21(29)26(33)27-18(2)16-22(36-27)25(32)19(3)20(4)28/h15,18-22,25-29,32-33H,6-14,16H2,1-5H3/b17-15+/t18-,19+,20+,21+,22-,25+,26+,27-/m1/s1. The number of aliphatic hydroxyl groups is 4. The second kappa shape index (κ2) is 17.1. The molecule has 0 radical (unpaired) electrons. The number of methoxy groups -OCH3 is 1. The van der Waals surface area contributed by atoms with Crippen molar-refractivity contribution in [1.29, 1.82) is 0 Å². The van der Waals surface area contributed by atoms with E-state index in [1.54, 1.807) is 20.8 Å². The molecule has 36 heavy (non-hydrogen) atoms. The van der Waals surface area contributed by atoms with Crippen molar-refractivity contribution >= 4 is 11.9 Å². The van der Waals surface area contributed by atoms with Crippen LogP contribution in [0.4, 0.5) is 0 Å². The summed E-state index contributed by atoms with van der Waals surface area (Å²) in [6.07, 6.45) is 2.86. The fourth-order valence-corrected chi connectivity index (χ4v) is 4.48. The monoisotopic (exact) mass is 516 g/mol. The summed E-state index contributed by atoms with van der Waals surface area (Å²) in [5.41, 5.74) is 0.585. The summed E-state index contributed by atoms with van der Waals surface area (Å²) >= 11 is 0. The molecule has 4 N–H and O–H groups in total. The Labute approximate surface area is 215 Å². The molecule has 0 bridgehead atoms. The first-order valence-corrected chi connectivity index (χ1v) is 13.3. The molecule has 0 spiro atoms. The molecular weight excluding hydrogens is 468 g/mol. The molecule has 9 nitrogen and oxygen atoms in total. The van der Waals surface area contributed by atoms with Gasteiger partial charge in [-0.15, -0.1) is 0 Å². The molecule has 0 aliphatic carbocycles. The molecule has 0 unspecified atom stereocenters. The lowest BCUT2D eigenvalue weighted by atomic mass is 9.89. The minimum atomic E-state index is -1.17. The lowest BCUT2D eigenvalue weighted by Gasteiger charge is -2.29. The van der Waals surface area contributed by atoms with Crippen LogP contribution in [0.1, 0.15) is 85.5 Å². The molecule has 1 fully saturated rings. The van der Waals surface area contributed by atoms with Crippen molar-refractivity contribution in [3.8, 4) is 0 Å². The molecule has 8 atom stereocenters. The van der Waals surface area contributed by atoms with Gasteiger partial charge in [-0.05, 0) is 45.4 Å². The minimum absolute atomic E-state index is 0.0856. The number of hydrogen-bond donors (Lipinski definition) is 4. The van der Waals surface area contributed by atoms with Crippen LogP contribution in [-0.4, -0.2) is 82.7 Å². The van der Waals surface area contributed by atoms with Crippen LogP contribution in [0, 0.1) is 11.8 Å². The molecule has 1 heterocycles. The summed E-state index contributed by atoms with van der Waals surface area (Å²) in [4.78, 5) is 23.1. The normalized spacial score (nSPS) is 24.6. The zero-order valence-electron chi connectivity index (χ0n) is 22.6. The average Bonchev–Trinajstić information content (AvgIpc) is 3.22. The van der Waals surface area contributed by atoms with Crippen LogP contribution < -0.4 is 0 Å². The Morgan fingerprint density at radius 2 is 1.61 bits per heavy atom. The van der Waals surface area contributed by atoms with Gasteiger partial charge in [-0.2, -0.15) is 0 Å². The number of carbonyl (C=O) groups excluding carboxylic acids is 2. The largest absolute Gasteiger partial charge is 0.469 e. The zero-order valence-corrected chi connectivity index (χ0v) is 22.6. The van der Waals surface area contributed by atoms with E-state index >= 15 is 0 Å². The number of hydrogen-bond acceptors (Lipinski definition) is 9. The zero-order chi connectivity index (χ0) is 27.3. The van der Waals surface area contributed by atoms with Gasteiger partial charge in [0.15, 0.2) is 0 Å². The van der Waals surface area contributed by atoms with E-state index in [1.165, 1.54) is 13.2 Å². The molecule has 9 heteroatoms. The third kappa shape index (κ3) is 11.7. The van der Waals surface area contributed by atoms with Crippen molar-refractivity contribution < 1.29 is 44.2 Å². The second-order valence-corrected chi connectivity index (χ2v) is 10.3. The van der Waals surface area contributed by atoms with E-state index < -0.39 is 42.6 Å². The van der Waals surface area contributed by atoms with E-state index in [9.17, 15) is 30.0 Å². The summed E-state index contributed by atoms with van der Waals surface area (Å²) in [6.45, 7) is 7.26. The number of carbonyl (C=O) groups is 2. The molecule has 1 aliphatic heterocycles. The van der Waals surface area contributed by atoms with Crippen molar-refractivity contribution in [1.82, 2.24) is 0 Å². The van der Waals surface area contributed by atoms with Crippen LogP contribution in [0.5, 0.6) is 0 Å².